The fourth-order valence-corrected chi connectivity index (χ4v) is 2.42. The fraction of sp³-hybridized carbons (Fsp3) is 0.333. The highest BCUT2D eigenvalue weighted by Gasteiger charge is 2.08. The monoisotopic (exact) mass is 348 g/mol. The molecule has 2 rings (SSSR count). The van der Waals surface area contributed by atoms with Gasteiger partial charge in [-0.15, -0.1) is 11.3 Å². The van der Waals surface area contributed by atoms with Gasteiger partial charge in [0.25, 0.3) is 0 Å². The van der Waals surface area contributed by atoms with Crippen molar-refractivity contribution in [1.29, 1.82) is 0 Å². The number of carbonyl (C=O) groups excluding carboxylic acids is 1. The third-order valence-electron chi connectivity index (χ3n) is 2.75. The van der Waals surface area contributed by atoms with Gasteiger partial charge in [-0.3, -0.25) is 0 Å². The van der Waals surface area contributed by atoms with Crippen molar-refractivity contribution in [1.82, 2.24) is 15.3 Å². The Bertz CT molecular complexity index is 724. The Morgan fingerprint density at radius 3 is 2.83 bits per heavy atom. The molecule has 2 aromatic heterocycles. The van der Waals surface area contributed by atoms with E-state index in [-0.39, 0.29) is 12.5 Å². The quantitative estimate of drug-likeness (QED) is 0.541. The molecule has 0 aromatic carbocycles. The van der Waals surface area contributed by atoms with E-state index in [1.807, 2.05) is 37.4 Å². The predicted octanol–water partition coefficient (Wildman–Crippen LogP) is 1.99. The van der Waals surface area contributed by atoms with E-state index in [1.54, 1.807) is 0 Å². The summed E-state index contributed by atoms with van der Waals surface area (Å²) in [5.74, 6) is 0.253. The maximum absolute atomic E-state index is 11.6. The van der Waals surface area contributed by atoms with E-state index in [4.69, 9.17) is 16.2 Å². The molecule has 0 fully saturated rings. The molecule has 8 nitrogen and oxygen atoms in total. The van der Waals surface area contributed by atoms with Gasteiger partial charge in [0.1, 0.15) is 5.69 Å². The lowest BCUT2D eigenvalue weighted by Gasteiger charge is -2.08. The molecular weight excluding hydrogens is 328 g/mol. The van der Waals surface area contributed by atoms with Crippen LogP contribution in [0.2, 0.25) is 0 Å². The zero-order valence-electron chi connectivity index (χ0n) is 13.5. The number of rotatable bonds is 6. The van der Waals surface area contributed by atoms with Gasteiger partial charge in [-0.05, 0) is 18.1 Å². The lowest BCUT2D eigenvalue weighted by atomic mass is 10.2. The number of nitrogens with two attached hydrogens (primary N) is 2. The van der Waals surface area contributed by atoms with Crippen LogP contribution < -0.4 is 16.8 Å². The molecule has 0 aliphatic rings. The minimum atomic E-state index is -0.459. The van der Waals surface area contributed by atoms with Crippen molar-refractivity contribution in [2.45, 2.75) is 20.4 Å². The predicted molar refractivity (Wildman–Crippen MR) is 93.8 cm³/mol. The summed E-state index contributed by atoms with van der Waals surface area (Å²) in [4.78, 5) is 24.2. The maximum Gasteiger partial charge on any atom is 0.407 e. The summed E-state index contributed by atoms with van der Waals surface area (Å²) in [6.45, 7) is 4.60. The number of thiazole rings is 1. The molecule has 5 N–H and O–H groups in total. The average molecular weight is 348 g/mol. The highest BCUT2D eigenvalue weighted by molar-refractivity contribution is 7.13. The fourth-order valence-electron chi connectivity index (χ4n) is 1.72. The van der Waals surface area contributed by atoms with E-state index in [9.17, 15) is 4.79 Å². The van der Waals surface area contributed by atoms with Crippen LogP contribution in [0.1, 0.15) is 19.5 Å². The highest BCUT2D eigenvalue weighted by atomic mass is 32.1. The molecule has 0 unspecified atom stereocenters. The number of hydrogen-bond donors (Lipinski definition) is 3. The number of alkyl carbamates (subject to hydrolysis) is 1. The average Bonchev–Trinajstić information content (AvgIpc) is 2.99. The Hall–Kier alpha value is -2.68. The lowest BCUT2D eigenvalue weighted by Crippen LogP contribution is -2.25. The van der Waals surface area contributed by atoms with Gasteiger partial charge >= 0.3 is 6.09 Å². The molecule has 128 valence electrons. The van der Waals surface area contributed by atoms with Gasteiger partial charge in [-0.25, -0.2) is 14.8 Å². The molecule has 0 spiro atoms. The van der Waals surface area contributed by atoms with Gasteiger partial charge < -0.3 is 21.5 Å². The molecule has 0 saturated carbocycles. The second-order valence-corrected chi connectivity index (χ2v) is 6.25. The van der Waals surface area contributed by atoms with Crippen LogP contribution in [-0.2, 0) is 11.3 Å². The number of carbonyl (C=O) groups is 1. The van der Waals surface area contributed by atoms with Gasteiger partial charge in [-0.2, -0.15) is 4.99 Å². The first-order valence-corrected chi connectivity index (χ1v) is 8.24. The number of pyridine rings is 1. The van der Waals surface area contributed by atoms with Gasteiger partial charge in [0, 0.05) is 5.38 Å². The zero-order valence-corrected chi connectivity index (χ0v) is 14.3. The first-order chi connectivity index (χ1) is 11.4. The van der Waals surface area contributed by atoms with Crippen LogP contribution in [-0.4, -0.2) is 28.6 Å². The number of nitrogens with zero attached hydrogens (tertiary/aromatic N) is 3. The Morgan fingerprint density at radius 1 is 1.33 bits per heavy atom. The van der Waals surface area contributed by atoms with E-state index >= 15 is 0 Å². The molecule has 1 amide bonds. The van der Waals surface area contributed by atoms with Gasteiger partial charge in [0.15, 0.2) is 5.96 Å². The number of guanidine groups is 1. The first kappa shape index (κ1) is 17.7. The molecule has 2 aromatic rings. The van der Waals surface area contributed by atoms with Crippen LogP contribution in [0.4, 0.5) is 9.93 Å². The van der Waals surface area contributed by atoms with Crippen LogP contribution in [0.15, 0.2) is 28.6 Å². The van der Waals surface area contributed by atoms with Gasteiger partial charge in [-0.1, -0.05) is 19.9 Å². The number of aromatic nitrogens is 2. The van der Waals surface area contributed by atoms with Crippen molar-refractivity contribution in [3.63, 3.8) is 0 Å². The Morgan fingerprint density at radius 2 is 2.12 bits per heavy atom. The van der Waals surface area contributed by atoms with Crippen LogP contribution in [0.5, 0.6) is 0 Å². The molecule has 0 aliphatic carbocycles. The van der Waals surface area contributed by atoms with Crippen LogP contribution in [0.3, 0.4) is 0 Å². The summed E-state index contributed by atoms with van der Waals surface area (Å²) in [5, 5.41) is 4.95. The molecule has 0 saturated heterocycles. The van der Waals surface area contributed by atoms with Crippen molar-refractivity contribution < 1.29 is 9.53 Å². The van der Waals surface area contributed by atoms with Crippen molar-refractivity contribution >= 4 is 28.5 Å². The Labute approximate surface area is 144 Å². The third kappa shape index (κ3) is 5.51. The SMILES string of the molecule is CC(C)COC(=O)NCc1cccc(-c2csc(N=C(N)N)n2)n1. The lowest BCUT2D eigenvalue weighted by molar-refractivity contribution is 0.132. The van der Waals surface area contributed by atoms with Gasteiger partial charge in [0.05, 0.1) is 24.5 Å². The molecule has 24 heavy (non-hydrogen) atoms. The summed E-state index contributed by atoms with van der Waals surface area (Å²) in [6, 6.07) is 5.49. The zero-order chi connectivity index (χ0) is 17.5. The van der Waals surface area contributed by atoms with E-state index in [0.29, 0.717) is 34.7 Å². The second kappa shape index (κ2) is 8.25. The number of aliphatic imine (C=N–C) groups is 1. The summed E-state index contributed by atoms with van der Waals surface area (Å²) in [5.41, 5.74) is 12.7. The standard InChI is InChI=1S/C15H20N6O2S/c1-9(2)7-23-15(22)18-6-10-4-3-5-11(19-10)12-8-24-14(20-12)21-13(16)17/h3-5,8-9H,6-7H2,1-2H3,(H,18,22)(H4,16,17,20,21). The molecule has 0 radical (unpaired) electrons. The molecule has 0 atom stereocenters. The smallest absolute Gasteiger partial charge is 0.407 e. The van der Waals surface area contributed by atoms with Crippen molar-refractivity contribution in [2.75, 3.05) is 6.61 Å². The van der Waals surface area contributed by atoms with E-state index in [2.05, 4.69) is 20.3 Å². The number of amides is 1. The normalized spacial score (nSPS) is 10.5. The Balaban J connectivity index is 2.00. The number of hydrogen-bond acceptors (Lipinski definition) is 6. The third-order valence-corrected chi connectivity index (χ3v) is 3.48. The summed E-state index contributed by atoms with van der Waals surface area (Å²) in [6.07, 6.45) is -0.459. The van der Waals surface area contributed by atoms with E-state index < -0.39 is 6.09 Å². The molecule has 0 aliphatic heterocycles. The van der Waals surface area contributed by atoms with Crippen molar-refractivity contribution in [3.8, 4) is 11.4 Å². The molecule has 2 heterocycles. The summed E-state index contributed by atoms with van der Waals surface area (Å²) >= 11 is 1.32. The maximum atomic E-state index is 11.6. The second-order valence-electron chi connectivity index (χ2n) is 5.41. The largest absolute Gasteiger partial charge is 0.449 e. The topological polar surface area (TPSA) is 129 Å². The number of nitrogens with one attached hydrogen (secondary N) is 1. The van der Waals surface area contributed by atoms with E-state index in [1.165, 1.54) is 11.3 Å². The van der Waals surface area contributed by atoms with E-state index in [0.717, 1.165) is 0 Å². The van der Waals surface area contributed by atoms with Gasteiger partial charge in [0.2, 0.25) is 5.13 Å². The molecule has 9 heteroatoms. The van der Waals surface area contributed by atoms with Crippen LogP contribution in [0, 0.1) is 5.92 Å². The Kier molecular flexibility index (Phi) is 6.07. The minimum Gasteiger partial charge on any atom is -0.449 e. The highest BCUT2D eigenvalue weighted by Crippen LogP contribution is 2.25. The molecular formula is C15H20N6O2S. The van der Waals surface area contributed by atoms with Crippen molar-refractivity contribution in [3.05, 3.63) is 29.3 Å². The minimum absolute atomic E-state index is 0.0401. The van der Waals surface area contributed by atoms with Crippen LogP contribution >= 0.6 is 11.3 Å². The number of ether oxygens (including phenoxy) is 1. The molecule has 0 bridgehead atoms. The summed E-state index contributed by atoms with van der Waals surface area (Å²) in [7, 11) is 0. The first-order valence-electron chi connectivity index (χ1n) is 7.36. The van der Waals surface area contributed by atoms with Crippen molar-refractivity contribution in [2.24, 2.45) is 22.4 Å². The van der Waals surface area contributed by atoms with Crippen LogP contribution in [0.25, 0.3) is 11.4 Å². The summed E-state index contributed by atoms with van der Waals surface area (Å²) < 4.78 is 5.05.